The molecule has 20 heavy (non-hydrogen) atoms. The Morgan fingerprint density at radius 1 is 1.25 bits per heavy atom. The first-order chi connectivity index (χ1) is 9.62. The van der Waals surface area contributed by atoms with Gasteiger partial charge in [-0.3, -0.25) is 0 Å². The molecule has 1 aromatic heterocycles. The number of nitrogens with one attached hydrogen (secondary N) is 1. The number of ether oxygens (including phenoxy) is 1. The number of aromatic nitrogens is 2. The molecule has 0 atom stereocenters. The second-order valence-electron chi connectivity index (χ2n) is 4.57. The second-order valence-corrected chi connectivity index (χ2v) is 5.38. The van der Waals surface area contributed by atoms with Crippen molar-refractivity contribution in [2.45, 2.75) is 26.7 Å². The molecule has 0 saturated carbocycles. The highest BCUT2D eigenvalue weighted by atomic mass is 79.9. The van der Waals surface area contributed by atoms with E-state index in [-0.39, 0.29) is 0 Å². The SMILES string of the molecule is CCCc1nc(Br)cc(Nc2cc(C)ccc2OC)n1. The number of nitrogens with zero attached hydrogens (tertiary/aromatic N) is 2. The number of benzene rings is 1. The monoisotopic (exact) mass is 335 g/mol. The molecule has 0 aliphatic rings. The summed E-state index contributed by atoms with van der Waals surface area (Å²) in [6.45, 7) is 4.16. The van der Waals surface area contributed by atoms with Gasteiger partial charge in [-0.15, -0.1) is 0 Å². The third-order valence-corrected chi connectivity index (χ3v) is 3.24. The van der Waals surface area contributed by atoms with Crippen LogP contribution in [0.15, 0.2) is 28.9 Å². The third-order valence-electron chi connectivity index (χ3n) is 2.83. The van der Waals surface area contributed by atoms with E-state index in [0.29, 0.717) is 0 Å². The normalized spacial score (nSPS) is 10.4. The predicted molar refractivity (Wildman–Crippen MR) is 84.7 cm³/mol. The van der Waals surface area contributed by atoms with Crippen LogP contribution < -0.4 is 10.1 Å². The van der Waals surface area contributed by atoms with Gasteiger partial charge in [-0.2, -0.15) is 0 Å². The van der Waals surface area contributed by atoms with Crippen LogP contribution in [0.2, 0.25) is 0 Å². The van der Waals surface area contributed by atoms with Gasteiger partial charge in [0.2, 0.25) is 0 Å². The van der Waals surface area contributed by atoms with Crippen molar-refractivity contribution in [1.82, 2.24) is 9.97 Å². The number of hydrogen-bond acceptors (Lipinski definition) is 4. The average molecular weight is 336 g/mol. The Morgan fingerprint density at radius 2 is 2.05 bits per heavy atom. The molecule has 0 amide bonds. The van der Waals surface area contributed by atoms with Gasteiger partial charge in [-0.1, -0.05) is 13.0 Å². The minimum atomic E-state index is 0.763. The van der Waals surface area contributed by atoms with E-state index < -0.39 is 0 Å². The fourth-order valence-corrected chi connectivity index (χ4v) is 2.34. The minimum Gasteiger partial charge on any atom is -0.495 e. The van der Waals surface area contributed by atoms with Crippen LogP contribution in [0.3, 0.4) is 0 Å². The Morgan fingerprint density at radius 3 is 2.75 bits per heavy atom. The highest BCUT2D eigenvalue weighted by Gasteiger charge is 2.07. The lowest BCUT2D eigenvalue weighted by molar-refractivity contribution is 0.416. The summed E-state index contributed by atoms with van der Waals surface area (Å²) < 4.78 is 6.15. The maximum Gasteiger partial charge on any atom is 0.142 e. The topological polar surface area (TPSA) is 47.0 Å². The summed E-state index contributed by atoms with van der Waals surface area (Å²) in [4.78, 5) is 8.88. The lowest BCUT2D eigenvalue weighted by Gasteiger charge is -2.12. The number of anilines is 2. The van der Waals surface area contributed by atoms with E-state index >= 15 is 0 Å². The molecule has 0 unspecified atom stereocenters. The molecule has 0 radical (unpaired) electrons. The van der Waals surface area contributed by atoms with Crippen LogP contribution in [0.25, 0.3) is 0 Å². The van der Waals surface area contributed by atoms with Gasteiger partial charge in [0.1, 0.15) is 22.0 Å². The number of hydrogen-bond donors (Lipinski definition) is 1. The fraction of sp³-hybridized carbons (Fsp3) is 0.333. The number of methoxy groups -OCH3 is 1. The van der Waals surface area contributed by atoms with E-state index in [1.807, 2.05) is 31.2 Å². The molecule has 106 valence electrons. The van der Waals surface area contributed by atoms with E-state index in [4.69, 9.17) is 4.74 Å². The van der Waals surface area contributed by atoms with E-state index in [1.54, 1.807) is 7.11 Å². The van der Waals surface area contributed by atoms with Crippen molar-refractivity contribution in [2.24, 2.45) is 0 Å². The van der Waals surface area contributed by atoms with Gasteiger partial charge in [0, 0.05) is 12.5 Å². The van der Waals surface area contributed by atoms with Gasteiger partial charge in [-0.05, 0) is 47.0 Å². The minimum absolute atomic E-state index is 0.763. The molecule has 1 aromatic carbocycles. The third kappa shape index (κ3) is 3.70. The quantitative estimate of drug-likeness (QED) is 0.829. The number of aryl methyl sites for hydroxylation is 2. The van der Waals surface area contributed by atoms with Crippen LogP contribution >= 0.6 is 15.9 Å². The molecule has 4 nitrogen and oxygen atoms in total. The van der Waals surface area contributed by atoms with Crippen LogP contribution in [0.5, 0.6) is 5.75 Å². The van der Waals surface area contributed by atoms with Gasteiger partial charge in [0.05, 0.1) is 12.8 Å². The van der Waals surface area contributed by atoms with E-state index in [9.17, 15) is 0 Å². The molecule has 0 aliphatic carbocycles. The Kier molecular flexibility index (Phi) is 4.95. The van der Waals surface area contributed by atoms with Crippen LogP contribution in [-0.4, -0.2) is 17.1 Å². The first kappa shape index (κ1) is 14.8. The molecule has 0 aliphatic heterocycles. The summed E-state index contributed by atoms with van der Waals surface area (Å²) in [5.41, 5.74) is 2.07. The van der Waals surface area contributed by atoms with Crippen LogP contribution in [-0.2, 0) is 6.42 Å². The zero-order chi connectivity index (χ0) is 14.5. The summed E-state index contributed by atoms with van der Waals surface area (Å²) in [7, 11) is 1.66. The molecule has 0 fully saturated rings. The van der Waals surface area contributed by atoms with Gasteiger partial charge in [-0.25, -0.2) is 9.97 Å². The molecule has 1 N–H and O–H groups in total. The van der Waals surface area contributed by atoms with Crippen molar-refractivity contribution < 1.29 is 4.74 Å². The maximum atomic E-state index is 5.36. The van der Waals surface area contributed by atoms with Gasteiger partial charge in [0.15, 0.2) is 0 Å². The van der Waals surface area contributed by atoms with E-state index in [0.717, 1.165) is 46.1 Å². The molecule has 0 spiro atoms. The van der Waals surface area contributed by atoms with Gasteiger partial charge in [0.25, 0.3) is 0 Å². The highest BCUT2D eigenvalue weighted by Crippen LogP contribution is 2.28. The molecule has 5 heteroatoms. The first-order valence-corrected chi connectivity index (χ1v) is 7.36. The average Bonchev–Trinajstić information content (AvgIpc) is 2.38. The lowest BCUT2D eigenvalue weighted by Crippen LogP contribution is -2.02. The van der Waals surface area contributed by atoms with Gasteiger partial charge >= 0.3 is 0 Å². The van der Waals surface area contributed by atoms with Crippen molar-refractivity contribution in [2.75, 3.05) is 12.4 Å². The largest absolute Gasteiger partial charge is 0.495 e. The van der Waals surface area contributed by atoms with E-state index in [1.165, 1.54) is 0 Å². The number of rotatable bonds is 5. The molecule has 2 rings (SSSR count). The molecular formula is C15H18BrN3O. The Labute approximate surface area is 127 Å². The second kappa shape index (κ2) is 6.70. The number of halogens is 1. The Balaban J connectivity index is 2.31. The zero-order valence-corrected chi connectivity index (χ0v) is 13.5. The van der Waals surface area contributed by atoms with Crippen LogP contribution in [0.1, 0.15) is 24.7 Å². The van der Waals surface area contributed by atoms with Crippen molar-refractivity contribution >= 4 is 27.4 Å². The smallest absolute Gasteiger partial charge is 0.142 e. The Hall–Kier alpha value is -1.62. The van der Waals surface area contributed by atoms with E-state index in [2.05, 4.69) is 38.1 Å². The highest BCUT2D eigenvalue weighted by molar-refractivity contribution is 9.10. The van der Waals surface area contributed by atoms with Crippen molar-refractivity contribution in [1.29, 1.82) is 0 Å². The molecular weight excluding hydrogens is 318 g/mol. The summed E-state index contributed by atoms with van der Waals surface area (Å²) in [6.07, 6.45) is 1.88. The summed E-state index contributed by atoms with van der Waals surface area (Å²) in [5, 5.41) is 3.30. The molecule has 0 bridgehead atoms. The van der Waals surface area contributed by atoms with Crippen molar-refractivity contribution in [3.8, 4) is 5.75 Å². The molecule has 0 saturated heterocycles. The maximum absolute atomic E-state index is 5.36. The fourth-order valence-electron chi connectivity index (χ4n) is 1.92. The predicted octanol–water partition coefficient (Wildman–Crippen LogP) is 4.25. The van der Waals surface area contributed by atoms with Gasteiger partial charge < -0.3 is 10.1 Å². The molecule has 2 aromatic rings. The van der Waals surface area contributed by atoms with Crippen LogP contribution in [0.4, 0.5) is 11.5 Å². The lowest BCUT2D eigenvalue weighted by atomic mass is 10.2. The van der Waals surface area contributed by atoms with Crippen molar-refractivity contribution in [3.63, 3.8) is 0 Å². The zero-order valence-electron chi connectivity index (χ0n) is 11.9. The molecule has 1 heterocycles. The first-order valence-electron chi connectivity index (χ1n) is 6.57. The van der Waals surface area contributed by atoms with Crippen LogP contribution in [0, 0.1) is 6.92 Å². The summed E-state index contributed by atoms with van der Waals surface area (Å²) in [5.74, 6) is 2.39. The standard InChI is InChI=1S/C15H18BrN3O/c1-4-5-14-18-13(16)9-15(19-14)17-11-8-10(2)6-7-12(11)20-3/h6-9H,4-5H2,1-3H3,(H,17,18,19). The summed E-state index contributed by atoms with van der Waals surface area (Å²) >= 11 is 3.42. The summed E-state index contributed by atoms with van der Waals surface area (Å²) in [6, 6.07) is 7.86. The Bertz CT molecular complexity index is 602. The van der Waals surface area contributed by atoms with Crippen molar-refractivity contribution in [3.05, 3.63) is 40.3 Å².